The minimum absolute atomic E-state index is 1.11. The van der Waals surface area contributed by atoms with Crippen molar-refractivity contribution in [1.82, 2.24) is 0 Å². The molecule has 8 nitrogen and oxygen atoms in total. The highest BCUT2D eigenvalue weighted by Gasteiger charge is 2.45. The van der Waals surface area contributed by atoms with E-state index in [2.05, 4.69) is 0 Å². The first kappa shape index (κ1) is 12.8. The van der Waals surface area contributed by atoms with E-state index in [4.69, 9.17) is 0 Å². The van der Waals surface area contributed by atoms with E-state index in [1.807, 2.05) is 0 Å². The van der Waals surface area contributed by atoms with E-state index in [9.17, 15) is 34.4 Å². The summed E-state index contributed by atoms with van der Waals surface area (Å²) >= 11 is 0. The van der Waals surface area contributed by atoms with Crippen molar-refractivity contribution < 1.29 is 34.4 Å². The quantitative estimate of drug-likeness (QED) is 0.493. The lowest BCUT2D eigenvalue weighted by molar-refractivity contribution is 0.431. The molecule has 1 rings (SSSR count). The molecule has 0 aromatic rings. The van der Waals surface area contributed by atoms with Gasteiger partial charge in [0.05, 0.1) is 42.2 Å². The maximum absolute atomic E-state index is 10.9. The van der Waals surface area contributed by atoms with Crippen molar-refractivity contribution in [2.75, 3.05) is 11.5 Å². The Hall–Kier alpha value is -0.230. The van der Waals surface area contributed by atoms with Crippen LogP contribution in [-0.4, -0.2) is 56.4 Å². The van der Waals surface area contributed by atoms with Crippen molar-refractivity contribution in [3.8, 4) is 0 Å². The summed E-state index contributed by atoms with van der Waals surface area (Å²) in [6.07, 6.45) is 0. The average Bonchev–Trinajstić information content (AvgIpc) is 2.23. The molecule has 1 heterocycles. The van der Waals surface area contributed by atoms with E-state index in [0.717, 1.165) is 0 Å². The minimum atomic E-state index is -5.11. The average molecular weight is 278 g/mol. The molecule has 90 valence electrons. The predicted molar refractivity (Wildman–Crippen MR) is 45.6 cm³/mol. The van der Waals surface area contributed by atoms with Gasteiger partial charge in [-0.05, 0) is 0 Å². The molecule has 15 heavy (non-hydrogen) atoms. The molecule has 0 aromatic carbocycles. The van der Waals surface area contributed by atoms with E-state index in [1.54, 1.807) is 0 Å². The second kappa shape index (κ2) is 3.38. The van der Waals surface area contributed by atoms with E-state index >= 15 is 0 Å². The van der Waals surface area contributed by atoms with Crippen molar-refractivity contribution in [1.29, 1.82) is 0 Å². The molecule has 0 radical (unpaired) electrons. The molecule has 11 heteroatoms. The Morgan fingerprint density at radius 2 is 1.13 bits per heavy atom. The SMILES string of the molecule is O=S1(=O)CC(S(=O)(=O)[O-])C(S(=O)(=O)[O-])C1. The lowest BCUT2D eigenvalue weighted by atomic mass is 10.4. The Balaban J connectivity index is 3.29. The predicted octanol–water partition coefficient (Wildman–Crippen LogP) is -2.76. The van der Waals surface area contributed by atoms with E-state index < -0.39 is 52.1 Å². The van der Waals surface area contributed by atoms with Crippen LogP contribution in [0.1, 0.15) is 0 Å². The van der Waals surface area contributed by atoms with Gasteiger partial charge in [0.1, 0.15) is 0 Å². The Bertz CT molecular complexity index is 505. The summed E-state index contributed by atoms with van der Waals surface area (Å²) in [7, 11) is -14.2. The molecule has 2 atom stereocenters. The fraction of sp³-hybridized carbons (Fsp3) is 1.00. The normalized spacial score (nSPS) is 31.6. The van der Waals surface area contributed by atoms with Gasteiger partial charge >= 0.3 is 0 Å². The number of hydrogen-bond acceptors (Lipinski definition) is 8. The Morgan fingerprint density at radius 1 is 0.867 bits per heavy atom. The molecule has 1 aliphatic rings. The van der Waals surface area contributed by atoms with Gasteiger partial charge in [0.2, 0.25) is 0 Å². The molecule has 0 saturated carbocycles. The first-order chi connectivity index (χ1) is 6.43. The first-order valence-corrected chi connectivity index (χ1v) is 8.30. The molecule has 1 fully saturated rings. The van der Waals surface area contributed by atoms with Gasteiger partial charge in [-0.1, -0.05) is 0 Å². The first-order valence-electron chi connectivity index (χ1n) is 3.53. The van der Waals surface area contributed by atoms with Crippen LogP contribution in [0.25, 0.3) is 0 Å². The fourth-order valence-electron chi connectivity index (χ4n) is 1.32. The highest BCUT2D eigenvalue weighted by atomic mass is 32.2. The van der Waals surface area contributed by atoms with Crippen molar-refractivity contribution in [2.24, 2.45) is 0 Å². The van der Waals surface area contributed by atoms with E-state index in [-0.39, 0.29) is 0 Å². The molecule has 1 saturated heterocycles. The van der Waals surface area contributed by atoms with Gasteiger partial charge < -0.3 is 9.11 Å². The summed E-state index contributed by atoms with van der Waals surface area (Å²) < 4.78 is 85.2. The number of hydrogen-bond donors (Lipinski definition) is 0. The molecule has 0 aromatic heterocycles. The molecule has 0 aliphatic carbocycles. The highest BCUT2D eigenvalue weighted by molar-refractivity contribution is 7.97. The molecule has 1 aliphatic heterocycles. The molecular weight excluding hydrogens is 272 g/mol. The summed E-state index contributed by atoms with van der Waals surface area (Å²) in [4.78, 5) is 0. The van der Waals surface area contributed by atoms with Crippen LogP contribution in [0.3, 0.4) is 0 Å². The molecule has 0 spiro atoms. The smallest absolute Gasteiger partial charge is 0.152 e. The van der Waals surface area contributed by atoms with Crippen LogP contribution in [0.4, 0.5) is 0 Å². The summed E-state index contributed by atoms with van der Waals surface area (Å²) in [6.45, 7) is 0. The van der Waals surface area contributed by atoms with Gasteiger partial charge in [0, 0.05) is 0 Å². The van der Waals surface area contributed by atoms with Crippen LogP contribution >= 0.6 is 0 Å². The zero-order valence-corrected chi connectivity index (χ0v) is 9.51. The van der Waals surface area contributed by atoms with Crippen molar-refractivity contribution in [3.05, 3.63) is 0 Å². The number of rotatable bonds is 2. The van der Waals surface area contributed by atoms with Gasteiger partial charge in [-0.25, -0.2) is 25.3 Å². The van der Waals surface area contributed by atoms with Crippen LogP contribution in [-0.2, 0) is 30.1 Å². The molecular formula is C4H6O8S3-2. The maximum atomic E-state index is 10.9. The van der Waals surface area contributed by atoms with Crippen LogP contribution in [0.5, 0.6) is 0 Å². The van der Waals surface area contributed by atoms with Gasteiger partial charge in [-0.2, -0.15) is 0 Å². The third-order valence-corrected chi connectivity index (χ3v) is 6.79. The van der Waals surface area contributed by atoms with Crippen molar-refractivity contribution in [3.63, 3.8) is 0 Å². The van der Waals surface area contributed by atoms with E-state index in [0.29, 0.717) is 0 Å². The fourth-order valence-corrected chi connectivity index (χ4v) is 7.50. The third kappa shape index (κ3) is 2.87. The van der Waals surface area contributed by atoms with Crippen LogP contribution in [0.15, 0.2) is 0 Å². The maximum Gasteiger partial charge on any atom is 0.152 e. The van der Waals surface area contributed by atoms with E-state index in [1.165, 1.54) is 0 Å². The van der Waals surface area contributed by atoms with Gasteiger partial charge in [-0.15, -0.1) is 0 Å². The zero-order chi connectivity index (χ0) is 12.1. The standard InChI is InChI=1S/C4H8O8S3/c5-13(6)1-3(14(7,8)9)4(2-13)15(10,11)12/h3-4H,1-2H2,(H,7,8,9)(H,10,11,12)/p-2. The third-order valence-electron chi connectivity index (χ3n) is 1.99. The molecule has 0 N–H and O–H groups in total. The molecule has 2 unspecified atom stereocenters. The van der Waals surface area contributed by atoms with Gasteiger partial charge in [0.15, 0.2) is 9.84 Å². The van der Waals surface area contributed by atoms with Gasteiger partial charge in [-0.3, -0.25) is 0 Å². The topological polar surface area (TPSA) is 149 Å². The summed E-state index contributed by atoms with van der Waals surface area (Å²) in [5.41, 5.74) is 0. The second-order valence-corrected chi connectivity index (χ2v) is 8.48. The van der Waals surface area contributed by atoms with Crippen LogP contribution in [0.2, 0.25) is 0 Å². The lowest BCUT2D eigenvalue weighted by Gasteiger charge is -2.23. The summed E-state index contributed by atoms with van der Waals surface area (Å²) in [5, 5.41) is -4.38. The number of sulfone groups is 1. The molecule has 0 bridgehead atoms. The monoisotopic (exact) mass is 278 g/mol. The largest absolute Gasteiger partial charge is 0.748 e. The summed E-state index contributed by atoms with van der Waals surface area (Å²) in [6, 6.07) is 0. The summed E-state index contributed by atoms with van der Waals surface area (Å²) in [5.74, 6) is -2.21. The zero-order valence-electron chi connectivity index (χ0n) is 7.06. The minimum Gasteiger partial charge on any atom is -0.748 e. The Kier molecular flexibility index (Phi) is 2.89. The Labute approximate surface area is 86.7 Å². The van der Waals surface area contributed by atoms with Crippen LogP contribution in [0, 0.1) is 0 Å². The highest BCUT2D eigenvalue weighted by Crippen LogP contribution is 2.24. The second-order valence-electron chi connectivity index (χ2n) is 3.14. The Morgan fingerprint density at radius 3 is 1.33 bits per heavy atom. The molecule has 0 amide bonds. The van der Waals surface area contributed by atoms with Crippen molar-refractivity contribution in [2.45, 2.75) is 10.5 Å². The lowest BCUT2D eigenvalue weighted by Crippen LogP contribution is -2.38. The van der Waals surface area contributed by atoms with Crippen LogP contribution < -0.4 is 0 Å². The van der Waals surface area contributed by atoms with Crippen molar-refractivity contribution >= 4 is 30.1 Å². The van der Waals surface area contributed by atoms with Gasteiger partial charge in [0.25, 0.3) is 0 Å².